The van der Waals surface area contributed by atoms with Crippen molar-refractivity contribution < 1.29 is 4.74 Å². The van der Waals surface area contributed by atoms with Crippen LogP contribution in [-0.2, 0) is 4.74 Å². The minimum Gasteiger partial charge on any atom is -0.367 e. The zero-order chi connectivity index (χ0) is 19.6. The summed E-state index contributed by atoms with van der Waals surface area (Å²) in [5.74, 6) is 0. The minimum atomic E-state index is -1.17. The number of rotatable bonds is 7. The number of aromatic nitrogens is 4. The van der Waals surface area contributed by atoms with E-state index in [1.54, 1.807) is 6.20 Å². The first-order valence-electron chi connectivity index (χ1n) is 9.65. The molecule has 1 unspecified atom stereocenters. The lowest BCUT2D eigenvalue weighted by atomic mass is 10.1. The van der Waals surface area contributed by atoms with Crippen LogP contribution in [0.25, 0.3) is 16.7 Å². The lowest BCUT2D eigenvalue weighted by Crippen LogP contribution is -2.22. The average molecular weight is 391 g/mol. The number of nitrogens with zero attached hydrogens (tertiary/aromatic N) is 3. The number of benzene rings is 1. The molecule has 4 rings (SSSR count). The Morgan fingerprint density at radius 2 is 1.93 bits per heavy atom. The third kappa shape index (κ3) is 4.23. The lowest BCUT2D eigenvalue weighted by Gasteiger charge is -2.20. The molecular formula is C22H26N4OSi. The molecule has 5 nitrogen and oxygen atoms in total. The number of pyridine rings is 1. The van der Waals surface area contributed by atoms with Gasteiger partial charge in [-0.25, -0.2) is 9.67 Å². The zero-order valence-electron chi connectivity index (χ0n) is 16.6. The molecule has 28 heavy (non-hydrogen) atoms. The van der Waals surface area contributed by atoms with Gasteiger partial charge in [0, 0.05) is 38.0 Å². The highest BCUT2D eigenvalue weighted by Gasteiger charge is 2.21. The summed E-state index contributed by atoms with van der Waals surface area (Å²) in [6.45, 7) is 7.84. The van der Waals surface area contributed by atoms with Crippen LogP contribution in [0, 0.1) is 0 Å². The van der Waals surface area contributed by atoms with Gasteiger partial charge in [-0.3, -0.25) is 0 Å². The molecule has 1 atom stereocenters. The van der Waals surface area contributed by atoms with Crippen molar-refractivity contribution in [2.45, 2.75) is 31.8 Å². The van der Waals surface area contributed by atoms with Crippen LogP contribution in [0.5, 0.6) is 0 Å². The van der Waals surface area contributed by atoms with Crippen LogP contribution in [0.1, 0.15) is 17.4 Å². The third-order valence-electron chi connectivity index (χ3n) is 4.76. The summed E-state index contributed by atoms with van der Waals surface area (Å²) in [5.41, 5.74) is 3.96. The molecule has 0 radical (unpaired) electrons. The minimum absolute atomic E-state index is 0.192. The highest BCUT2D eigenvalue weighted by atomic mass is 28.3. The number of para-hydroxylation sites is 1. The Morgan fingerprint density at radius 1 is 1.11 bits per heavy atom. The van der Waals surface area contributed by atoms with Gasteiger partial charge in [-0.05, 0) is 36.4 Å². The first-order chi connectivity index (χ1) is 13.5. The van der Waals surface area contributed by atoms with E-state index in [1.807, 2.05) is 53.5 Å². The Kier molecular flexibility index (Phi) is 5.15. The molecule has 0 aliphatic heterocycles. The number of ether oxygens (including phenoxy) is 1. The number of nitrogens with one attached hydrogen (secondary N) is 1. The van der Waals surface area contributed by atoms with Crippen LogP contribution >= 0.6 is 0 Å². The van der Waals surface area contributed by atoms with Crippen molar-refractivity contribution in [1.29, 1.82) is 0 Å². The summed E-state index contributed by atoms with van der Waals surface area (Å²) in [7, 11) is -1.17. The van der Waals surface area contributed by atoms with Gasteiger partial charge in [0.1, 0.15) is 11.8 Å². The summed E-state index contributed by atoms with van der Waals surface area (Å²) < 4.78 is 8.29. The highest BCUT2D eigenvalue weighted by molar-refractivity contribution is 6.76. The van der Waals surface area contributed by atoms with E-state index >= 15 is 0 Å². The van der Waals surface area contributed by atoms with Crippen LogP contribution in [-0.4, -0.2) is 34.4 Å². The fraction of sp³-hybridized carbons (Fsp3) is 0.273. The van der Waals surface area contributed by atoms with Gasteiger partial charge in [0.2, 0.25) is 0 Å². The summed E-state index contributed by atoms with van der Waals surface area (Å²) in [5, 5.41) is 5.65. The van der Waals surface area contributed by atoms with Gasteiger partial charge >= 0.3 is 0 Å². The topological polar surface area (TPSA) is 55.7 Å². The van der Waals surface area contributed by atoms with Gasteiger partial charge in [-0.2, -0.15) is 5.10 Å². The Morgan fingerprint density at radius 3 is 2.68 bits per heavy atom. The molecule has 1 N–H and O–H groups in total. The van der Waals surface area contributed by atoms with Crippen molar-refractivity contribution in [3.05, 3.63) is 78.4 Å². The molecule has 0 saturated heterocycles. The molecule has 0 bridgehead atoms. The number of hydrogen-bond acceptors (Lipinski definition) is 3. The summed E-state index contributed by atoms with van der Waals surface area (Å²) >= 11 is 0. The van der Waals surface area contributed by atoms with Crippen molar-refractivity contribution in [2.24, 2.45) is 0 Å². The number of fused-ring (bicyclic) bond motifs is 1. The second kappa shape index (κ2) is 7.73. The molecule has 6 heteroatoms. The molecule has 0 spiro atoms. The summed E-state index contributed by atoms with van der Waals surface area (Å²) in [6, 6.07) is 17.4. The van der Waals surface area contributed by atoms with Gasteiger partial charge in [0.25, 0.3) is 0 Å². The molecule has 0 aliphatic carbocycles. The van der Waals surface area contributed by atoms with Gasteiger partial charge in [-0.15, -0.1) is 0 Å². The van der Waals surface area contributed by atoms with Crippen molar-refractivity contribution in [3.63, 3.8) is 0 Å². The van der Waals surface area contributed by atoms with Gasteiger partial charge in [-0.1, -0.05) is 37.8 Å². The largest absolute Gasteiger partial charge is 0.367 e. The molecule has 3 aromatic heterocycles. The second-order valence-corrected chi connectivity index (χ2v) is 13.9. The first-order valence-corrected chi connectivity index (χ1v) is 13.4. The van der Waals surface area contributed by atoms with Crippen molar-refractivity contribution >= 4 is 19.1 Å². The maximum atomic E-state index is 6.39. The maximum absolute atomic E-state index is 6.39. The van der Waals surface area contributed by atoms with E-state index < -0.39 is 8.07 Å². The number of hydrogen-bond donors (Lipinski definition) is 1. The van der Waals surface area contributed by atoms with E-state index in [1.165, 1.54) is 0 Å². The predicted octanol–water partition coefficient (Wildman–Crippen LogP) is 5.19. The molecular weight excluding hydrogens is 364 g/mol. The van der Waals surface area contributed by atoms with E-state index in [0.717, 1.165) is 40.6 Å². The Labute approximate surface area is 166 Å². The molecule has 144 valence electrons. The second-order valence-electron chi connectivity index (χ2n) is 8.28. The van der Waals surface area contributed by atoms with Gasteiger partial charge in [0.15, 0.2) is 0 Å². The molecule has 0 amide bonds. The molecule has 0 aliphatic rings. The third-order valence-corrected chi connectivity index (χ3v) is 6.46. The van der Waals surface area contributed by atoms with Crippen molar-refractivity contribution in [1.82, 2.24) is 19.7 Å². The fourth-order valence-electron chi connectivity index (χ4n) is 3.16. The Bertz CT molecular complexity index is 1020. The van der Waals surface area contributed by atoms with Crippen molar-refractivity contribution in [2.75, 3.05) is 6.61 Å². The van der Waals surface area contributed by atoms with Crippen LogP contribution < -0.4 is 0 Å². The van der Waals surface area contributed by atoms with E-state index in [-0.39, 0.29) is 6.10 Å². The standard InChI is InChI=1S/C22H26N4OSi/c1-28(2,3)13-12-27-21(20-14-17-8-7-11-23-22(17)25-20)18-15-24-26(16-18)19-9-5-4-6-10-19/h4-11,14-16,21H,12-13H2,1-3H3,(H,23,25). The Balaban J connectivity index is 1.65. The molecule has 0 fully saturated rings. The smallest absolute Gasteiger partial charge is 0.137 e. The predicted molar refractivity (Wildman–Crippen MR) is 116 cm³/mol. The maximum Gasteiger partial charge on any atom is 0.137 e. The van der Waals surface area contributed by atoms with Crippen LogP contribution in [0.4, 0.5) is 0 Å². The van der Waals surface area contributed by atoms with E-state index in [0.29, 0.717) is 0 Å². The number of H-pyrrole nitrogens is 1. The lowest BCUT2D eigenvalue weighted by molar-refractivity contribution is 0.0882. The zero-order valence-corrected chi connectivity index (χ0v) is 17.6. The normalized spacial score (nSPS) is 13.1. The van der Waals surface area contributed by atoms with Crippen LogP contribution in [0.2, 0.25) is 25.7 Å². The number of aromatic amines is 1. The van der Waals surface area contributed by atoms with E-state index in [9.17, 15) is 0 Å². The van der Waals surface area contributed by atoms with Crippen molar-refractivity contribution in [3.8, 4) is 5.69 Å². The quantitative estimate of drug-likeness (QED) is 0.442. The van der Waals surface area contributed by atoms with Gasteiger partial charge < -0.3 is 9.72 Å². The highest BCUT2D eigenvalue weighted by Crippen LogP contribution is 2.29. The molecule has 0 saturated carbocycles. The molecule has 1 aromatic carbocycles. The molecule has 4 aromatic rings. The Hall–Kier alpha value is -2.70. The van der Waals surface area contributed by atoms with Crippen LogP contribution in [0.15, 0.2) is 67.1 Å². The first kappa shape index (κ1) is 18.7. The summed E-state index contributed by atoms with van der Waals surface area (Å²) in [4.78, 5) is 7.85. The SMILES string of the molecule is C[Si](C)(C)CCOC(c1cnn(-c2ccccc2)c1)c1cc2cccnc2[nH]1. The van der Waals surface area contributed by atoms with E-state index in [4.69, 9.17) is 4.74 Å². The van der Waals surface area contributed by atoms with Crippen LogP contribution in [0.3, 0.4) is 0 Å². The summed E-state index contributed by atoms with van der Waals surface area (Å²) in [6.07, 6.45) is 5.55. The van der Waals surface area contributed by atoms with Gasteiger partial charge in [0.05, 0.1) is 17.6 Å². The van der Waals surface area contributed by atoms with E-state index in [2.05, 4.69) is 46.8 Å². The molecule has 3 heterocycles. The monoisotopic (exact) mass is 390 g/mol. The average Bonchev–Trinajstić information content (AvgIpc) is 3.32. The fourth-order valence-corrected chi connectivity index (χ4v) is 3.89.